The molecule has 3 nitrogen and oxygen atoms in total. The Morgan fingerprint density at radius 3 is 1.65 bits per heavy atom. The van der Waals surface area contributed by atoms with E-state index in [9.17, 15) is 0 Å². The number of nitrogens with zero attached hydrogens (tertiary/aromatic N) is 2. The van der Waals surface area contributed by atoms with Gasteiger partial charge in [0.05, 0.1) is 22.1 Å². The molecule has 1 atom stereocenters. The molecule has 0 bridgehead atoms. The van der Waals surface area contributed by atoms with Crippen molar-refractivity contribution >= 4 is 65.6 Å². The van der Waals surface area contributed by atoms with Gasteiger partial charge in [-0.2, -0.15) is 0 Å². The smallest absolute Gasteiger partial charge is 0.135 e. The van der Waals surface area contributed by atoms with Crippen LogP contribution < -0.4 is 0 Å². The van der Waals surface area contributed by atoms with Crippen molar-refractivity contribution < 1.29 is 4.42 Å². The molecule has 268 valence electrons. The molecule has 3 aromatic heterocycles. The van der Waals surface area contributed by atoms with E-state index < -0.39 is 0 Å². The fourth-order valence-electron chi connectivity index (χ4n) is 9.30. The molecular formula is C54H36N2O. The van der Waals surface area contributed by atoms with Crippen LogP contribution in [0, 0.1) is 0 Å². The Kier molecular flexibility index (Phi) is 7.05. The van der Waals surface area contributed by atoms with Crippen LogP contribution in [-0.2, 0) is 0 Å². The van der Waals surface area contributed by atoms with E-state index in [0.29, 0.717) is 5.92 Å². The van der Waals surface area contributed by atoms with Gasteiger partial charge in [-0.15, -0.1) is 0 Å². The monoisotopic (exact) mass is 728 g/mol. The zero-order valence-electron chi connectivity index (χ0n) is 31.1. The summed E-state index contributed by atoms with van der Waals surface area (Å²) in [5.41, 5.74) is 15.0. The molecular weight excluding hydrogens is 693 g/mol. The lowest BCUT2D eigenvalue weighted by atomic mass is 9.91. The van der Waals surface area contributed by atoms with E-state index in [1.165, 1.54) is 71.4 Å². The maximum Gasteiger partial charge on any atom is 0.135 e. The van der Waals surface area contributed by atoms with Crippen LogP contribution in [0.4, 0.5) is 0 Å². The molecule has 12 rings (SSSR count). The lowest BCUT2D eigenvalue weighted by Crippen LogP contribution is -1.95. The topological polar surface area (TPSA) is 23.0 Å². The summed E-state index contributed by atoms with van der Waals surface area (Å²) in [7, 11) is 0. The lowest BCUT2D eigenvalue weighted by Gasteiger charge is -2.13. The maximum absolute atomic E-state index is 6.37. The van der Waals surface area contributed by atoms with E-state index in [0.717, 1.165) is 39.7 Å². The highest BCUT2D eigenvalue weighted by molar-refractivity contribution is 6.13. The van der Waals surface area contributed by atoms with E-state index in [1.54, 1.807) is 0 Å². The van der Waals surface area contributed by atoms with E-state index in [1.807, 2.05) is 0 Å². The van der Waals surface area contributed by atoms with Gasteiger partial charge in [0.25, 0.3) is 0 Å². The molecule has 0 spiro atoms. The van der Waals surface area contributed by atoms with Crippen LogP contribution in [0.3, 0.4) is 0 Å². The van der Waals surface area contributed by atoms with Gasteiger partial charge in [0.15, 0.2) is 0 Å². The standard InChI is InChI=1S/C54H36N2O/c1-3-12-35(13-4-1)37-16-11-17-41(30-37)55-49-20-9-7-18-43(49)45-31-39(22-26-51(45)55)40-23-27-52-46(32-40)44-19-8-10-21-50(44)56(52)42-25-29-54-48(34-42)47-33-38(24-28-53(47)57-54)36-14-5-2-6-15-36/h1-14,16-34,36H,15H2. The van der Waals surface area contributed by atoms with Crippen molar-refractivity contribution in [1.29, 1.82) is 0 Å². The number of para-hydroxylation sites is 2. The van der Waals surface area contributed by atoms with Gasteiger partial charge in [0, 0.05) is 49.6 Å². The number of hydrogen-bond acceptors (Lipinski definition) is 1. The third-order valence-corrected chi connectivity index (χ3v) is 12.0. The van der Waals surface area contributed by atoms with Crippen LogP contribution in [0.25, 0.3) is 99.2 Å². The van der Waals surface area contributed by atoms with Crippen molar-refractivity contribution in [2.45, 2.75) is 12.3 Å². The SMILES string of the molecule is C1=CCC(c2ccc3oc4ccc(-n5c6ccccc6c6cc(-c7ccc8c(c7)c7ccccc7n8-c7cccc(-c8ccccc8)c7)ccc65)cc4c3c2)C=C1. The Balaban J connectivity index is 0.987. The summed E-state index contributed by atoms with van der Waals surface area (Å²) >= 11 is 0. The second-order valence-electron chi connectivity index (χ2n) is 15.3. The van der Waals surface area contributed by atoms with Crippen molar-refractivity contribution in [1.82, 2.24) is 9.13 Å². The molecule has 57 heavy (non-hydrogen) atoms. The normalized spacial score (nSPS) is 14.3. The second kappa shape index (κ2) is 12.6. The minimum atomic E-state index is 0.385. The minimum absolute atomic E-state index is 0.385. The van der Waals surface area contributed by atoms with Crippen molar-refractivity contribution in [3.8, 4) is 33.6 Å². The number of hydrogen-bond donors (Lipinski definition) is 0. The van der Waals surface area contributed by atoms with E-state index in [2.05, 4.69) is 209 Å². The average molecular weight is 729 g/mol. The molecule has 0 saturated heterocycles. The number of furan rings is 1. The number of aromatic nitrogens is 2. The summed E-state index contributed by atoms with van der Waals surface area (Å²) in [6.07, 6.45) is 9.85. The van der Waals surface area contributed by atoms with Gasteiger partial charge in [-0.3, -0.25) is 0 Å². The molecule has 0 amide bonds. The van der Waals surface area contributed by atoms with Crippen LogP contribution >= 0.6 is 0 Å². The third-order valence-electron chi connectivity index (χ3n) is 12.0. The van der Waals surface area contributed by atoms with Crippen LogP contribution in [0.1, 0.15) is 17.9 Å². The maximum atomic E-state index is 6.37. The van der Waals surface area contributed by atoms with Crippen LogP contribution in [0.2, 0.25) is 0 Å². The van der Waals surface area contributed by atoms with Crippen LogP contribution in [0.15, 0.2) is 205 Å². The largest absolute Gasteiger partial charge is 0.456 e. The summed E-state index contributed by atoms with van der Waals surface area (Å²) in [5, 5.41) is 7.27. The Hall–Kier alpha value is -7.36. The molecule has 0 fully saturated rings. The van der Waals surface area contributed by atoms with Crippen molar-refractivity contribution in [2.75, 3.05) is 0 Å². The Labute approximate surface area is 329 Å². The first-order valence-corrected chi connectivity index (χ1v) is 19.8. The number of allylic oxidation sites excluding steroid dienone is 4. The highest BCUT2D eigenvalue weighted by atomic mass is 16.3. The number of fused-ring (bicyclic) bond motifs is 9. The molecule has 3 heteroatoms. The first kappa shape index (κ1) is 31.9. The summed E-state index contributed by atoms with van der Waals surface area (Å²) < 4.78 is 11.2. The van der Waals surface area contributed by atoms with Gasteiger partial charge >= 0.3 is 0 Å². The molecule has 0 radical (unpaired) electrons. The Morgan fingerprint density at radius 2 is 0.965 bits per heavy atom. The van der Waals surface area contributed by atoms with Gasteiger partial charge < -0.3 is 13.6 Å². The zero-order valence-corrected chi connectivity index (χ0v) is 31.1. The first-order chi connectivity index (χ1) is 28.2. The molecule has 1 aliphatic carbocycles. The highest BCUT2D eigenvalue weighted by Gasteiger charge is 2.18. The molecule has 11 aromatic rings. The Morgan fingerprint density at radius 1 is 0.386 bits per heavy atom. The molecule has 0 N–H and O–H groups in total. The predicted molar refractivity (Wildman–Crippen MR) is 239 cm³/mol. The summed E-state index contributed by atoms with van der Waals surface area (Å²) in [4.78, 5) is 0. The van der Waals surface area contributed by atoms with Crippen molar-refractivity contribution in [2.24, 2.45) is 0 Å². The van der Waals surface area contributed by atoms with Gasteiger partial charge in [-0.1, -0.05) is 121 Å². The second-order valence-corrected chi connectivity index (χ2v) is 15.3. The minimum Gasteiger partial charge on any atom is -0.456 e. The first-order valence-electron chi connectivity index (χ1n) is 19.8. The number of rotatable bonds is 5. The fraction of sp³-hybridized carbons (Fsp3) is 0.0370. The summed E-state index contributed by atoms with van der Waals surface area (Å²) in [6.45, 7) is 0. The third kappa shape index (κ3) is 5.06. The van der Waals surface area contributed by atoms with Crippen molar-refractivity contribution in [3.05, 3.63) is 206 Å². The van der Waals surface area contributed by atoms with Gasteiger partial charge in [0.1, 0.15) is 11.2 Å². The molecule has 1 unspecified atom stereocenters. The van der Waals surface area contributed by atoms with Crippen molar-refractivity contribution in [3.63, 3.8) is 0 Å². The average Bonchev–Trinajstić information content (AvgIpc) is 3.93. The van der Waals surface area contributed by atoms with E-state index >= 15 is 0 Å². The van der Waals surface area contributed by atoms with Gasteiger partial charge in [-0.05, 0) is 113 Å². The molecule has 1 aliphatic rings. The van der Waals surface area contributed by atoms with E-state index in [-0.39, 0.29) is 0 Å². The Bertz CT molecular complexity index is 3440. The van der Waals surface area contributed by atoms with E-state index in [4.69, 9.17) is 4.42 Å². The lowest BCUT2D eigenvalue weighted by molar-refractivity contribution is 0.668. The molecule has 8 aromatic carbocycles. The van der Waals surface area contributed by atoms with Gasteiger partial charge in [-0.25, -0.2) is 0 Å². The highest BCUT2D eigenvalue weighted by Crippen LogP contribution is 2.40. The molecule has 0 aliphatic heterocycles. The molecule has 3 heterocycles. The van der Waals surface area contributed by atoms with Gasteiger partial charge in [0.2, 0.25) is 0 Å². The quantitative estimate of drug-likeness (QED) is 0.173. The number of benzene rings is 8. The predicted octanol–water partition coefficient (Wildman–Crippen LogP) is 14.7. The summed E-state index contributed by atoms with van der Waals surface area (Å²) in [6, 6.07) is 64.3. The van der Waals surface area contributed by atoms with Crippen LogP contribution in [-0.4, -0.2) is 9.13 Å². The fourth-order valence-corrected chi connectivity index (χ4v) is 9.30. The van der Waals surface area contributed by atoms with Crippen LogP contribution in [0.5, 0.6) is 0 Å². The molecule has 0 saturated carbocycles. The summed E-state index contributed by atoms with van der Waals surface area (Å²) in [5.74, 6) is 0.385. The zero-order chi connectivity index (χ0) is 37.5.